The van der Waals surface area contributed by atoms with Gasteiger partial charge in [-0.1, -0.05) is 23.7 Å². The molecule has 1 aromatic carbocycles. The van der Waals surface area contributed by atoms with Crippen molar-refractivity contribution in [3.05, 3.63) is 29.3 Å². The molecule has 0 atom stereocenters. The molecular formula is C11H16ClN3O. The monoisotopic (exact) mass is 241 g/mol. The first-order valence-electron chi connectivity index (χ1n) is 5.03. The zero-order valence-corrected chi connectivity index (χ0v) is 10.2. The number of amides is 2. The normalized spacial score (nSPS) is 10.2. The topological polar surface area (TPSA) is 44.4 Å². The molecule has 0 unspecified atom stereocenters. The van der Waals surface area contributed by atoms with Crippen LogP contribution < -0.4 is 10.6 Å². The van der Waals surface area contributed by atoms with Gasteiger partial charge in [0.05, 0.1) is 10.7 Å². The van der Waals surface area contributed by atoms with Crippen LogP contribution in [0.1, 0.15) is 0 Å². The van der Waals surface area contributed by atoms with E-state index >= 15 is 0 Å². The molecule has 2 amide bonds. The van der Waals surface area contributed by atoms with Gasteiger partial charge in [0.2, 0.25) is 0 Å². The van der Waals surface area contributed by atoms with Crippen LogP contribution in [-0.4, -0.2) is 38.1 Å². The third-order valence-corrected chi connectivity index (χ3v) is 2.30. The number of anilines is 1. The van der Waals surface area contributed by atoms with E-state index in [1.54, 1.807) is 12.1 Å². The van der Waals surface area contributed by atoms with E-state index in [0.717, 1.165) is 6.54 Å². The molecule has 0 spiro atoms. The van der Waals surface area contributed by atoms with E-state index in [9.17, 15) is 4.79 Å². The first-order valence-corrected chi connectivity index (χ1v) is 5.41. The van der Waals surface area contributed by atoms with Crippen molar-refractivity contribution in [2.45, 2.75) is 0 Å². The smallest absolute Gasteiger partial charge is 0.319 e. The van der Waals surface area contributed by atoms with Crippen molar-refractivity contribution >= 4 is 23.3 Å². The summed E-state index contributed by atoms with van der Waals surface area (Å²) in [5.41, 5.74) is 0.617. The average molecular weight is 242 g/mol. The maximum absolute atomic E-state index is 11.4. The molecule has 0 saturated carbocycles. The molecule has 0 aliphatic carbocycles. The fourth-order valence-electron chi connectivity index (χ4n) is 1.12. The Kier molecular flexibility index (Phi) is 5.08. The van der Waals surface area contributed by atoms with Crippen molar-refractivity contribution in [1.82, 2.24) is 10.2 Å². The van der Waals surface area contributed by atoms with Crippen molar-refractivity contribution in [3.8, 4) is 0 Å². The SMILES string of the molecule is CN(C)CCNC(=O)Nc1ccccc1Cl. The van der Waals surface area contributed by atoms with Gasteiger partial charge < -0.3 is 15.5 Å². The summed E-state index contributed by atoms with van der Waals surface area (Å²) in [5, 5.41) is 5.96. The van der Waals surface area contributed by atoms with Gasteiger partial charge in [0, 0.05) is 13.1 Å². The van der Waals surface area contributed by atoms with E-state index in [0.29, 0.717) is 17.3 Å². The molecule has 16 heavy (non-hydrogen) atoms. The van der Waals surface area contributed by atoms with Crippen LogP contribution in [0.2, 0.25) is 5.02 Å². The minimum atomic E-state index is -0.241. The fraction of sp³-hybridized carbons (Fsp3) is 0.364. The van der Waals surface area contributed by atoms with E-state index in [4.69, 9.17) is 11.6 Å². The second kappa shape index (κ2) is 6.35. The average Bonchev–Trinajstić information content (AvgIpc) is 2.21. The summed E-state index contributed by atoms with van der Waals surface area (Å²) in [6.07, 6.45) is 0. The van der Waals surface area contributed by atoms with Crippen LogP contribution in [0.3, 0.4) is 0 Å². The summed E-state index contributed by atoms with van der Waals surface area (Å²) in [7, 11) is 3.90. The minimum Gasteiger partial charge on any atom is -0.337 e. The van der Waals surface area contributed by atoms with E-state index in [1.165, 1.54) is 0 Å². The Balaban J connectivity index is 2.37. The number of para-hydroxylation sites is 1. The Bertz CT molecular complexity index is 355. The number of carbonyl (C=O) groups is 1. The highest BCUT2D eigenvalue weighted by molar-refractivity contribution is 6.33. The number of hydrogen-bond acceptors (Lipinski definition) is 2. The zero-order valence-electron chi connectivity index (χ0n) is 9.46. The number of rotatable bonds is 4. The molecule has 4 nitrogen and oxygen atoms in total. The van der Waals surface area contributed by atoms with Gasteiger partial charge in [-0.3, -0.25) is 0 Å². The maximum Gasteiger partial charge on any atom is 0.319 e. The second-order valence-electron chi connectivity index (χ2n) is 3.66. The van der Waals surface area contributed by atoms with Gasteiger partial charge in [0.1, 0.15) is 0 Å². The van der Waals surface area contributed by atoms with Crippen LogP contribution >= 0.6 is 11.6 Å². The molecule has 0 saturated heterocycles. The molecule has 0 aromatic heterocycles. The number of nitrogens with one attached hydrogen (secondary N) is 2. The predicted octanol–water partition coefficient (Wildman–Crippen LogP) is 2.02. The Hall–Kier alpha value is -1.26. The standard InChI is InChI=1S/C11H16ClN3O/c1-15(2)8-7-13-11(16)14-10-6-4-3-5-9(10)12/h3-6H,7-8H2,1-2H3,(H2,13,14,16). The van der Waals surface area contributed by atoms with Crippen LogP contribution in [-0.2, 0) is 0 Å². The molecule has 5 heteroatoms. The number of halogens is 1. The minimum absolute atomic E-state index is 0.241. The molecule has 88 valence electrons. The van der Waals surface area contributed by atoms with Crippen molar-refractivity contribution in [2.75, 3.05) is 32.5 Å². The second-order valence-corrected chi connectivity index (χ2v) is 4.07. The van der Waals surface area contributed by atoms with Gasteiger partial charge in [-0.2, -0.15) is 0 Å². The first-order chi connectivity index (χ1) is 7.59. The third-order valence-electron chi connectivity index (χ3n) is 1.97. The molecule has 0 aliphatic heterocycles. The lowest BCUT2D eigenvalue weighted by molar-refractivity contribution is 0.250. The Labute approximate surface area is 101 Å². The van der Waals surface area contributed by atoms with E-state index in [2.05, 4.69) is 10.6 Å². The van der Waals surface area contributed by atoms with Crippen LogP contribution in [0.4, 0.5) is 10.5 Å². The van der Waals surface area contributed by atoms with Crippen LogP contribution in [0.25, 0.3) is 0 Å². The number of benzene rings is 1. The highest BCUT2D eigenvalue weighted by Crippen LogP contribution is 2.19. The van der Waals surface area contributed by atoms with E-state index in [-0.39, 0.29) is 6.03 Å². The van der Waals surface area contributed by atoms with Crippen molar-refractivity contribution in [3.63, 3.8) is 0 Å². The highest BCUT2D eigenvalue weighted by atomic mass is 35.5. The molecule has 0 radical (unpaired) electrons. The maximum atomic E-state index is 11.4. The number of hydrogen-bond donors (Lipinski definition) is 2. The lowest BCUT2D eigenvalue weighted by Gasteiger charge is -2.11. The van der Waals surface area contributed by atoms with Gasteiger partial charge in [0.15, 0.2) is 0 Å². The van der Waals surface area contributed by atoms with Gasteiger partial charge in [-0.15, -0.1) is 0 Å². The molecular weight excluding hydrogens is 226 g/mol. The number of nitrogens with zero attached hydrogens (tertiary/aromatic N) is 1. The van der Waals surface area contributed by atoms with Crippen molar-refractivity contribution in [2.24, 2.45) is 0 Å². The largest absolute Gasteiger partial charge is 0.337 e. The summed E-state index contributed by atoms with van der Waals surface area (Å²) in [5.74, 6) is 0. The molecule has 0 fully saturated rings. The molecule has 0 heterocycles. The number of urea groups is 1. The Morgan fingerprint density at radius 1 is 1.38 bits per heavy atom. The molecule has 1 rings (SSSR count). The highest BCUT2D eigenvalue weighted by Gasteiger charge is 2.03. The predicted molar refractivity (Wildman–Crippen MR) is 67.0 cm³/mol. The summed E-state index contributed by atoms with van der Waals surface area (Å²) in [6.45, 7) is 1.40. The third kappa shape index (κ3) is 4.51. The summed E-state index contributed by atoms with van der Waals surface area (Å²) < 4.78 is 0. The lowest BCUT2D eigenvalue weighted by atomic mass is 10.3. The first kappa shape index (κ1) is 12.8. The summed E-state index contributed by atoms with van der Waals surface area (Å²) >= 11 is 5.90. The number of carbonyl (C=O) groups excluding carboxylic acids is 1. The van der Waals surface area contributed by atoms with Crippen LogP contribution in [0, 0.1) is 0 Å². The molecule has 1 aromatic rings. The summed E-state index contributed by atoms with van der Waals surface area (Å²) in [4.78, 5) is 13.4. The van der Waals surface area contributed by atoms with Gasteiger partial charge in [-0.05, 0) is 26.2 Å². The van der Waals surface area contributed by atoms with Crippen LogP contribution in [0.5, 0.6) is 0 Å². The van der Waals surface area contributed by atoms with Gasteiger partial charge >= 0.3 is 6.03 Å². The Morgan fingerprint density at radius 2 is 2.06 bits per heavy atom. The van der Waals surface area contributed by atoms with Crippen LogP contribution in [0.15, 0.2) is 24.3 Å². The zero-order chi connectivity index (χ0) is 12.0. The van der Waals surface area contributed by atoms with Gasteiger partial charge in [-0.25, -0.2) is 4.79 Å². The van der Waals surface area contributed by atoms with Crippen molar-refractivity contribution < 1.29 is 4.79 Å². The van der Waals surface area contributed by atoms with Gasteiger partial charge in [0.25, 0.3) is 0 Å². The molecule has 0 aliphatic rings. The lowest BCUT2D eigenvalue weighted by Crippen LogP contribution is -2.34. The van der Waals surface area contributed by atoms with E-state index < -0.39 is 0 Å². The summed E-state index contributed by atoms with van der Waals surface area (Å²) in [6, 6.07) is 6.89. The Morgan fingerprint density at radius 3 is 2.69 bits per heavy atom. The fourth-order valence-corrected chi connectivity index (χ4v) is 1.31. The van der Waals surface area contributed by atoms with Crippen molar-refractivity contribution in [1.29, 1.82) is 0 Å². The van der Waals surface area contributed by atoms with E-state index in [1.807, 2.05) is 31.1 Å². The quantitative estimate of drug-likeness (QED) is 0.847. The molecule has 2 N–H and O–H groups in total. The molecule has 0 bridgehead atoms. The number of likely N-dealkylation sites (N-methyl/N-ethyl adjacent to an activating group) is 1.